The Hall–Kier alpha value is -1.39. The number of rotatable bonds is 3. The Morgan fingerprint density at radius 2 is 1.58 bits per heavy atom. The van der Waals surface area contributed by atoms with Crippen LogP contribution in [-0.2, 0) is 5.41 Å². The van der Waals surface area contributed by atoms with Gasteiger partial charge in [-0.15, -0.1) is 23.5 Å². The molecule has 0 radical (unpaired) electrons. The zero-order chi connectivity index (χ0) is 16.9. The van der Waals surface area contributed by atoms with Crippen molar-refractivity contribution in [2.45, 2.75) is 29.5 Å². The number of benzene rings is 2. The van der Waals surface area contributed by atoms with Crippen molar-refractivity contribution in [3.05, 3.63) is 65.7 Å². The maximum absolute atomic E-state index is 5.10. The topological polar surface area (TPSA) is 15.6 Å². The molecule has 2 aliphatic rings. The van der Waals surface area contributed by atoms with E-state index in [-0.39, 0.29) is 9.62 Å². The summed E-state index contributed by atoms with van der Waals surface area (Å²) in [6.07, 6.45) is 4.45. The molecule has 2 aromatic rings. The second kappa shape index (κ2) is 5.57. The smallest absolute Gasteiger partial charge is 0.151 e. The molecule has 1 fully saturated rings. The molecule has 0 aliphatic carbocycles. The molecule has 2 nitrogen and oxygen atoms in total. The minimum absolute atomic E-state index is 0.0415. The van der Waals surface area contributed by atoms with Crippen molar-refractivity contribution in [1.82, 2.24) is 4.90 Å². The molecule has 4 rings (SSSR count). The van der Waals surface area contributed by atoms with Gasteiger partial charge in [-0.05, 0) is 38.0 Å². The Balaban J connectivity index is 1.96. The molecular formula is C20H22N2S2. The highest BCUT2D eigenvalue weighted by Crippen LogP contribution is 2.65. The van der Waals surface area contributed by atoms with Crippen LogP contribution in [0.15, 0.2) is 59.6 Å². The van der Waals surface area contributed by atoms with Gasteiger partial charge in [0.2, 0.25) is 0 Å². The van der Waals surface area contributed by atoms with Gasteiger partial charge in [-0.2, -0.15) is 0 Å². The monoisotopic (exact) mass is 354 g/mol. The molecule has 2 atom stereocenters. The molecule has 0 spiro atoms. The second-order valence-corrected chi connectivity index (χ2v) is 8.78. The average molecular weight is 355 g/mol. The maximum Gasteiger partial charge on any atom is 0.151 e. The summed E-state index contributed by atoms with van der Waals surface area (Å²) in [6, 6.07) is 19.7. The predicted octanol–water partition coefficient (Wildman–Crippen LogP) is 5.44. The first kappa shape index (κ1) is 16.1. The largest absolute Gasteiger partial charge is 0.328 e. The quantitative estimate of drug-likeness (QED) is 0.682. The number of aliphatic imine (C=N–C) groups is 1. The van der Waals surface area contributed by atoms with Crippen LogP contribution in [0.5, 0.6) is 0 Å². The summed E-state index contributed by atoms with van der Waals surface area (Å²) in [5, 5.41) is 0. The van der Waals surface area contributed by atoms with E-state index >= 15 is 0 Å². The summed E-state index contributed by atoms with van der Waals surface area (Å²) >= 11 is 3.87. The fourth-order valence-corrected chi connectivity index (χ4v) is 7.06. The summed E-state index contributed by atoms with van der Waals surface area (Å²) in [6.45, 7) is 4.66. The number of thioether (sulfide) groups is 2. The number of hydrogen-bond donors (Lipinski definition) is 0. The summed E-state index contributed by atoms with van der Waals surface area (Å²) in [5.74, 6) is 1.20. The first-order valence-electron chi connectivity index (χ1n) is 8.23. The number of para-hydroxylation sites is 1. The van der Waals surface area contributed by atoms with Gasteiger partial charge in [0.1, 0.15) is 5.84 Å². The van der Waals surface area contributed by atoms with Crippen LogP contribution in [0.25, 0.3) is 0 Å². The van der Waals surface area contributed by atoms with Crippen molar-refractivity contribution in [2.24, 2.45) is 4.99 Å². The van der Waals surface area contributed by atoms with E-state index < -0.39 is 0 Å². The Morgan fingerprint density at radius 3 is 2.25 bits per heavy atom. The van der Waals surface area contributed by atoms with E-state index in [4.69, 9.17) is 4.99 Å². The van der Waals surface area contributed by atoms with Crippen LogP contribution >= 0.6 is 23.5 Å². The normalized spacial score (nSPS) is 26.9. The highest BCUT2D eigenvalue weighted by molar-refractivity contribution is 8.17. The van der Waals surface area contributed by atoms with Crippen molar-refractivity contribution in [1.29, 1.82) is 0 Å². The van der Waals surface area contributed by atoms with Crippen LogP contribution in [0.1, 0.15) is 31.0 Å². The van der Waals surface area contributed by atoms with Gasteiger partial charge in [0, 0.05) is 5.56 Å². The van der Waals surface area contributed by atoms with Crippen LogP contribution in [0.3, 0.4) is 0 Å². The third-order valence-electron chi connectivity index (χ3n) is 5.53. The van der Waals surface area contributed by atoms with E-state index in [1.165, 1.54) is 17.0 Å². The molecule has 2 aromatic carbocycles. The molecule has 0 amide bonds. The van der Waals surface area contributed by atoms with Crippen LogP contribution in [0.4, 0.5) is 5.69 Å². The minimum Gasteiger partial charge on any atom is -0.328 e. The van der Waals surface area contributed by atoms with Crippen molar-refractivity contribution >= 4 is 35.0 Å². The van der Waals surface area contributed by atoms with Crippen LogP contribution in [0, 0.1) is 0 Å². The number of fused-ring (bicyclic) bond motifs is 2. The first-order valence-corrected chi connectivity index (χ1v) is 10.7. The third-order valence-corrected chi connectivity index (χ3v) is 8.85. The number of hydrogen-bond acceptors (Lipinski definition) is 4. The summed E-state index contributed by atoms with van der Waals surface area (Å²) in [7, 11) is 0. The maximum atomic E-state index is 5.10. The van der Waals surface area contributed by atoms with Gasteiger partial charge in [0.15, 0.2) is 4.20 Å². The Morgan fingerprint density at radius 1 is 0.958 bits per heavy atom. The van der Waals surface area contributed by atoms with Crippen LogP contribution in [0.2, 0.25) is 0 Å². The van der Waals surface area contributed by atoms with Crippen molar-refractivity contribution < 1.29 is 0 Å². The average Bonchev–Trinajstić information content (AvgIpc) is 2.64. The third kappa shape index (κ3) is 1.79. The molecular weight excluding hydrogens is 332 g/mol. The SMILES string of the molecule is CSC1(SC)N2C(=Nc3ccccc3[C@@H]2C)[C@]1(C)c1ccccc1. The lowest BCUT2D eigenvalue weighted by atomic mass is 9.71. The van der Waals surface area contributed by atoms with Crippen molar-refractivity contribution in [2.75, 3.05) is 12.5 Å². The molecule has 0 N–H and O–H groups in total. The predicted molar refractivity (Wildman–Crippen MR) is 107 cm³/mol. The summed E-state index contributed by atoms with van der Waals surface area (Å²) in [5.41, 5.74) is 3.68. The van der Waals surface area contributed by atoms with Gasteiger partial charge < -0.3 is 4.90 Å². The van der Waals surface area contributed by atoms with Gasteiger partial charge in [-0.25, -0.2) is 4.99 Å². The lowest BCUT2D eigenvalue weighted by Crippen LogP contribution is -2.76. The summed E-state index contributed by atoms with van der Waals surface area (Å²) in [4.78, 5) is 7.63. The molecule has 24 heavy (non-hydrogen) atoms. The molecule has 0 saturated carbocycles. The Labute approximate surface area is 152 Å². The lowest BCUT2D eigenvalue weighted by molar-refractivity contribution is 0.152. The highest BCUT2D eigenvalue weighted by atomic mass is 32.2. The zero-order valence-corrected chi connectivity index (χ0v) is 16.1. The van der Waals surface area contributed by atoms with E-state index in [9.17, 15) is 0 Å². The number of nitrogens with zero attached hydrogens (tertiary/aromatic N) is 2. The van der Waals surface area contributed by atoms with E-state index in [0.29, 0.717) is 6.04 Å². The second-order valence-electron chi connectivity index (χ2n) is 6.52. The number of amidine groups is 1. The highest BCUT2D eigenvalue weighted by Gasteiger charge is 2.69. The Kier molecular flexibility index (Phi) is 3.73. The zero-order valence-electron chi connectivity index (χ0n) is 14.5. The van der Waals surface area contributed by atoms with Gasteiger partial charge in [0.25, 0.3) is 0 Å². The molecule has 0 unspecified atom stereocenters. The summed E-state index contributed by atoms with van der Waals surface area (Å²) < 4.78 is -0.0415. The van der Waals surface area contributed by atoms with Crippen LogP contribution < -0.4 is 0 Å². The van der Waals surface area contributed by atoms with Crippen LogP contribution in [-0.4, -0.2) is 27.5 Å². The molecule has 124 valence electrons. The standard InChI is InChI=1S/C20H22N2S2/c1-14-16-12-8-9-13-17(16)21-18-19(2,15-10-6-5-7-11-15)20(23-3,24-4)22(14)18/h5-14H,1-4H3/t14-,19-/m0/s1. The lowest BCUT2D eigenvalue weighted by Gasteiger charge is -2.67. The first-order chi connectivity index (χ1) is 11.6. The van der Waals surface area contributed by atoms with Gasteiger partial charge in [0.05, 0.1) is 17.1 Å². The fraction of sp³-hybridized carbons (Fsp3) is 0.350. The molecule has 0 aromatic heterocycles. The molecule has 1 saturated heterocycles. The van der Waals surface area contributed by atoms with E-state index in [0.717, 1.165) is 5.69 Å². The van der Waals surface area contributed by atoms with Gasteiger partial charge >= 0.3 is 0 Å². The Bertz CT molecular complexity index is 798. The fourth-order valence-electron chi connectivity index (χ4n) is 4.28. The van der Waals surface area contributed by atoms with E-state index in [2.05, 4.69) is 85.9 Å². The minimum atomic E-state index is -0.102. The van der Waals surface area contributed by atoms with Gasteiger partial charge in [-0.3, -0.25) is 0 Å². The van der Waals surface area contributed by atoms with E-state index in [1.54, 1.807) is 0 Å². The molecule has 2 heterocycles. The molecule has 2 aliphatic heterocycles. The molecule has 0 bridgehead atoms. The van der Waals surface area contributed by atoms with Gasteiger partial charge in [-0.1, -0.05) is 48.5 Å². The van der Waals surface area contributed by atoms with Crippen molar-refractivity contribution in [3.8, 4) is 0 Å². The van der Waals surface area contributed by atoms with E-state index in [1.807, 2.05) is 23.5 Å². The molecule has 4 heteroatoms. The van der Waals surface area contributed by atoms with Crippen molar-refractivity contribution in [3.63, 3.8) is 0 Å².